The second-order valence-electron chi connectivity index (χ2n) is 4.65. The van der Waals surface area contributed by atoms with E-state index < -0.39 is 0 Å². The maximum absolute atomic E-state index is 12.1. The molecule has 0 fully saturated rings. The van der Waals surface area contributed by atoms with Gasteiger partial charge in [0.25, 0.3) is 0 Å². The molecular formula is C16H17ClN2O. The van der Waals surface area contributed by atoms with Gasteiger partial charge in [0.05, 0.1) is 10.7 Å². The third-order valence-corrected chi connectivity index (χ3v) is 3.33. The van der Waals surface area contributed by atoms with Crippen molar-refractivity contribution in [3.63, 3.8) is 0 Å². The first-order valence-electron chi connectivity index (χ1n) is 6.45. The van der Waals surface area contributed by atoms with E-state index >= 15 is 0 Å². The minimum atomic E-state index is -0.381. The zero-order valence-electron chi connectivity index (χ0n) is 11.5. The number of halogens is 1. The minimum Gasteiger partial charge on any atom is -0.372 e. The molecule has 0 aliphatic heterocycles. The summed E-state index contributed by atoms with van der Waals surface area (Å²) in [5, 5.41) is 6.63. The minimum absolute atomic E-state index is 0.101. The van der Waals surface area contributed by atoms with Crippen LogP contribution >= 0.6 is 11.6 Å². The predicted molar refractivity (Wildman–Crippen MR) is 84.3 cm³/mol. The third-order valence-electron chi connectivity index (χ3n) is 3.02. The first kappa shape index (κ1) is 14.4. The van der Waals surface area contributed by atoms with Gasteiger partial charge in [0.2, 0.25) is 5.91 Å². The highest BCUT2D eigenvalue weighted by Gasteiger charge is 2.15. The number of benzene rings is 2. The lowest BCUT2D eigenvalue weighted by Crippen LogP contribution is -2.32. The van der Waals surface area contributed by atoms with Crippen LogP contribution in [0.4, 0.5) is 11.4 Å². The zero-order valence-corrected chi connectivity index (χ0v) is 12.2. The topological polar surface area (TPSA) is 41.1 Å². The smallest absolute Gasteiger partial charge is 0.246 e. The lowest BCUT2D eigenvalue weighted by atomic mass is 10.1. The predicted octanol–water partition coefficient (Wildman–Crippen LogP) is 4.09. The van der Waals surface area contributed by atoms with Crippen LogP contribution in [0.25, 0.3) is 0 Å². The van der Waals surface area contributed by atoms with E-state index in [1.54, 1.807) is 13.0 Å². The maximum atomic E-state index is 12.1. The number of rotatable bonds is 4. The monoisotopic (exact) mass is 288 g/mol. The molecule has 1 atom stereocenters. The van der Waals surface area contributed by atoms with Crippen molar-refractivity contribution in [2.75, 3.05) is 10.6 Å². The summed E-state index contributed by atoms with van der Waals surface area (Å²) in [6, 6.07) is 14.6. The number of amides is 1. The lowest BCUT2D eigenvalue weighted by molar-refractivity contribution is -0.116. The number of hydrogen-bond acceptors (Lipinski definition) is 2. The summed E-state index contributed by atoms with van der Waals surface area (Å²) >= 11 is 6.14. The van der Waals surface area contributed by atoms with Gasteiger partial charge in [-0.15, -0.1) is 0 Å². The lowest BCUT2D eigenvalue weighted by Gasteiger charge is -2.18. The van der Waals surface area contributed by atoms with E-state index in [-0.39, 0.29) is 11.9 Å². The fourth-order valence-electron chi connectivity index (χ4n) is 1.87. The quantitative estimate of drug-likeness (QED) is 0.890. The summed E-state index contributed by atoms with van der Waals surface area (Å²) in [4.78, 5) is 12.1. The molecular weight excluding hydrogens is 272 g/mol. The Labute approximate surface area is 124 Å². The molecule has 104 valence electrons. The Hall–Kier alpha value is -2.00. The van der Waals surface area contributed by atoms with Crippen LogP contribution in [-0.4, -0.2) is 11.9 Å². The molecule has 4 heteroatoms. The van der Waals surface area contributed by atoms with E-state index in [1.165, 1.54) is 0 Å². The number of hydrogen-bond donors (Lipinski definition) is 2. The van der Waals surface area contributed by atoms with E-state index in [4.69, 9.17) is 11.6 Å². The van der Waals surface area contributed by atoms with Crippen LogP contribution in [0.5, 0.6) is 0 Å². The molecule has 0 radical (unpaired) electrons. The molecule has 20 heavy (non-hydrogen) atoms. The van der Waals surface area contributed by atoms with E-state index in [0.29, 0.717) is 5.02 Å². The Morgan fingerprint density at radius 2 is 1.80 bits per heavy atom. The molecule has 1 unspecified atom stereocenters. The van der Waals surface area contributed by atoms with Crippen molar-refractivity contribution in [1.82, 2.24) is 0 Å². The molecule has 2 aromatic rings. The summed E-state index contributed by atoms with van der Waals surface area (Å²) in [5.41, 5.74) is 2.59. The highest BCUT2D eigenvalue weighted by atomic mass is 35.5. The Morgan fingerprint density at radius 1 is 1.10 bits per heavy atom. The second-order valence-corrected chi connectivity index (χ2v) is 5.06. The van der Waals surface area contributed by atoms with Crippen molar-refractivity contribution in [1.29, 1.82) is 0 Å². The molecule has 0 bridgehead atoms. The fraction of sp³-hybridized carbons (Fsp3) is 0.188. The SMILES string of the molecule is Cc1cccc(Cl)c1NC(C)C(=O)Nc1ccccc1. The van der Waals surface area contributed by atoms with Crippen LogP contribution in [-0.2, 0) is 4.79 Å². The van der Waals surface area contributed by atoms with Crippen LogP contribution < -0.4 is 10.6 Å². The van der Waals surface area contributed by atoms with Gasteiger partial charge in [0.15, 0.2) is 0 Å². The van der Waals surface area contributed by atoms with Crippen molar-refractivity contribution in [3.8, 4) is 0 Å². The summed E-state index contributed by atoms with van der Waals surface area (Å²) in [6.45, 7) is 3.76. The van der Waals surface area contributed by atoms with E-state index in [1.807, 2.05) is 49.4 Å². The van der Waals surface area contributed by atoms with Crippen LogP contribution in [0.1, 0.15) is 12.5 Å². The molecule has 2 rings (SSSR count). The van der Waals surface area contributed by atoms with Gasteiger partial charge >= 0.3 is 0 Å². The molecule has 0 heterocycles. The van der Waals surface area contributed by atoms with Gasteiger partial charge in [-0.25, -0.2) is 0 Å². The Balaban J connectivity index is 2.05. The fourth-order valence-corrected chi connectivity index (χ4v) is 2.15. The normalized spacial score (nSPS) is 11.8. The van der Waals surface area contributed by atoms with Crippen molar-refractivity contribution in [2.24, 2.45) is 0 Å². The summed E-state index contributed by atoms with van der Waals surface area (Å²) in [7, 11) is 0. The highest BCUT2D eigenvalue weighted by molar-refractivity contribution is 6.33. The summed E-state index contributed by atoms with van der Waals surface area (Å²) in [5.74, 6) is -0.101. The molecule has 3 nitrogen and oxygen atoms in total. The molecule has 0 spiro atoms. The van der Waals surface area contributed by atoms with Gasteiger partial charge in [0.1, 0.15) is 6.04 Å². The summed E-state index contributed by atoms with van der Waals surface area (Å²) < 4.78 is 0. The second kappa shape index (κ2) is 6.44. The van der Waals surface area contributed by atoms with Crippen LogP contribution in [0.2, 0.25) is 5.02 Å². The number of carbonyl (C=O) groups is 1. The van der Waals surface area contributed by atoms with Gasteiger partial charge in [-0.3, -0.25) is 4.79 Å². The van der Waals surface area contributed by atoms with Crippen LogP contribution in [0, 0.1) is 6.92 Å². The van der Waals surface area contributed by atoms with E-state index in [2.05, 4.69) is 10.6 Å². The number of para-hydroxylation sites is 2. The summed E-state index contributed by atoms with van der Waals surface area (Å²) in [6.07, 6.45) is 0. The van der Waals surface area contributed by atoms with Gasteiger partial charge in [-0.05, 0) is 37.6 Å². The average Bonchev–Trinajstić information content (AvgIpc) is 2.44. The molecule has 2 aromatic carbocycles. The molecule has 0 aliphatic carbocycles. The van der Waals surface area contributed by atoms with Crippen LogP contribution in [0.3, 0.4) is 0 Å². The first-order chi connectivity index (χ1) is 9.58. The molecule has 1 amide bonds. The van der Waals surface area contributed by atoms with E-state index in [9.17, 15) is 4.79 Å². The average molecular weight is 289 g/mol. The van der Waals surface area contributed by atoms with Crippen LogP contribution in [0.15, 0.2) is 48.5 Å². The Morgan fingerprint density at radius 3 is 2.45 bits per heavy atom. The van der Waals surface area contributed by atoms with E-state index in [0.717, 1.165) is 16.9 Å². The van der Waals surface area contributed by atoms with Gasteiger partial charge < -0.3 is 10.6 Å². The standard InChI is InChI=1S/C16H17ClN2O/c1-11-7-6-10-14(17)15(11)18-12(2)16(20)19-13-8-4-3-5-9-13/h3-10,12,18H,1-2H3,(H,19,20). The van der Waals surface area contributed by atoms with Crippen molar-refractivity contribution >= 4 is 28.9 Å². The zero-order chi connectivity index (χ0) is 14.5. The number of anilines is 2. The van der Waals surface area contributed by atoms with Gasteiger partial charge in [0, 0.05) is 5.69 Å². The first-order valence-corrected chi connectivity index (χ1v) is 6.83. The van der Waals surface area contributed by atoms with Crippen molar-refractivity contribution in [3.05, 3.63) is 59.1 Å². The number of nitrogens with one attached hydrogen (secondary N) is 2. The third kappa shape index (κ3) is 3.52. The van der Waals surface area contributed by atoms with Gasteiger partial charge in [-0.1, -0.05) is 41.9 Å². The van der Waals surface area contributed by atoms with Crippen molar-refractivity contribution in [2.45, 2.75) is 19.9 Å². The number of aryl methyl sites for hydroxylation is 1. The molecule has 2 N–H and O–H groups in total. The molecule has 0 saturated carbocycles. The molecule has 0 aromatic heterocycles. The van der Waals surface area contributed by atoms with Gasteiger partial charge in [-0.2, -0.15) is 0 Å². The molecule has 0 saturated heterocycles. The van der Waals surface area contributed by atoms with Crippen molar-refractivity contribution < 1.29 is 4.79 Å². The Bertz CT molecular complexity index is 578. The molecule has 0 aliphatic rings. The Kier molecular flexibility index (Phi) is 4.64. The highest BCUT2D eigenvalue weighted by Crippen LogP contribution is 2.26. The largest absolute Gasteiger partial charge is 0.372 e. The maximum Gasteiger partial charge on any atom is 0.246 e. The number of carbonyl (C=O) groups excluding carboxylic acids is 1.